The summed E-state index contributed by atoms with van der Waals surface area (Å²) in [5.41, 5.74) is 6.62. The Bertz CT molecular complexity index is 1040. The highest BCUT2D eigenvalue weighted by molar-refractivity contribution is 6.32. The van der Waals surface area contributed by atoms with Gasteiger partial charge in [-0.1, -0.05) is 11.6 Å². The molecule has 10 nitrogen and oxygen atoms in total. The first-order chi connectivity index (χ1) is 13.9. The zero-order chi connectivity index (χ0) is 20.7. The van der Waals surface area contributed by atoms with Crippen molar-refractivity contribution in [2.24, 2.45) is 5.92 Å². The quantitative estimate of drug-likeness (QED) is 0.376. The van der Waals surface area contributed by atoms with Crippen LogP contribution in [0.4, 0.5) is 11.8 Å². The number of hydrogen-bond acceptors (Lipinski definition) is 10. The fourth-order valence-corrected chi connectivity index (χ4v) is 3.83. The molecule has 4 rings (SSSR count). The maximum absolute atomic E-state index is 10.3. The molecular weight excluding hydrogens is 402 g/mol. The van der Waals surface area contributed by atoms with Gasteiger partial charge in [0.25, 0.3) is 0 Å². The van der Waals surface area contributed by atoms with Crippen molar-refractivity contribution in [3.8, 4) is 17.2 Å². The van der Waals surface area contributed by atoms with Crippen LogP contribution in [0.5, 0.6) is 5.88 Å². The number of methoxy groups -OCH3 is 1. The van der Waals surface area contributed by atoms with Gasteiger partial charge in [-0.05, 0) is 12.5 Å². The van der Waals surface area contributed by atoms with Crippen LogP contribution in [0.15, 0.2) is 22.7 Å². The fourth-order valence-electron chi connectivity index (χ4n) is 3.56. The van der Waals surface area contributed by atoms with E-state index in [0.29, 0.717) is 29.2 Å². The molecule has 29 heavy (non-hydrogen) atoms. The molecule has 1 fully saturated rings. The van der Waals surface area contributed by atoms with Gasteiger partial charge < -0.3 is 35.5 Å². The molecule has 0 saturated heterocycles. The van der Waals surface area contributed by atoms with Crippen molar-refractivity contribution in [3.05, 3.63) is 23.5 Å². The number of pyridine rings is 1. The number of furan rings is 1. The van der Waals surface area contributed by atoms with Crippen molar-refractivity contribution in [1.29, 1.82) is 0 Å². The minimum atomic E-state index is -1.10. The minimum Gasteiger partial charge on any atom is -0.481 e. The zero-order valence-corrected chi connectivity index (χ0v) is 16.2. The average Bonchev–Trinajstić information content (AvgIpc) is 3.22. The maximum Gasteiger partial charge on any atom is 0.223 e. The van der Waals surface area contributed by atoms with Crippen LogP contribution in [0.3, 0.4) is 0 Å². The lowest BCUT2D eigenvalue weighted by Crippen LogP contribution is -2.35. The predicted molar refractivity (Wildman–Crippen MR) is 106 cm³/mol. The summed E-state index contributed by atoms with van der Waals surface area (Å²) in [6.07, 6.45) is -0.291. The molecule has 0 aliphatic heterocycles. The molecule has 1 aliphatic carbocycles. The van der Waals surface area contributed by atoms with E-state index in [1.165, 1.54) is 13.3 Å². The summed E-state index contributed by atoms with van der Waals surface area (Å²) in [4.78, 5) is 12.3. The van der Waals surface area contributed by atoms with E-state index in [1.54, 1.807) is 12.1 Å². The summed E-state index contributed by atoms with van der Waals surface area (Å²) >= 11 is 6.34. The number of rotatable bonds is 5. The van der Waals surface area contributed by atoms with E-state index in [1.807, 2.05) is 0 Å². The first-order valence-electron chi connectivity index (χ1n) is 8.91. The average molecular weight is 422 g/mol. The molecular formula is C18H20ClN5O5. The van der Waals surface area contributed by atoms with Crippen molar-refractivity contribution in [2.75, 3.05) is 24.8 Å². The van der Waals surface area contributed by atoms with Crippen molar-refractivity contribution in [3.63, 3.8) is 0 Å². The Morgan fingerprint density at radius 1 is 1.31 bits per heavy atom. The van der Waals surface area contributed by atoms with Crippen LogP contribution in [-0.2, 0) is 0 Å². The number of hydrogen-bond donors (Lipinski definition) is 5. The number of halogens is 1. The Morgan fingerprint density at radius 3 is 2.79 bits per heavy atom. The highest BCUT2D eigenvalue weighted by atomic mass is 35.5. The molecule has 11 heteroatoms. The monoisotopic (exact) mass is 421 g/mol. The summed E-state index contributed by atoms with van der Waals surface area (Å²) < 4.78 is 11.0. The molecule has 0 aromatic carbocycles. The lowest BCUT2D eigenvalue weighted by atomic mass is 10.1. The number of anilines is 2. The smallest absolute Gasteiger partial charge is 0.223 e. The molecule has 4 unspecified atom stereocenters. The molecule has 0 radical (unpaired) electrons. The summed E-state index contributed by atoms with van der Waals surface area (Å²) in [6, 6.07) is 2.88. The van der Waals surface area contributed by atoms with Crippen LogP contribution in [0.2, 0.25) is 5.15 Å². The molecule has 6 N–H and O–H groups in total. The van der Waals surface area contributed by atoms with E-state index in [4.69, 9.17) is 26.5 Å². The SMILES string of the molecule is COc1cc2cc(-c3c(Cl)nc(N)nc3NC3CC(CO)C(O)C3O)oc2cn1. The summed E-state index contributed by atoms with van der Waals surface area (Å²) in [5.74, 6) is 0.532. The van der Waals surface area contributed by atoms with Crippen molar-refractivity contribution in [2.45, 2.75) is 24.7 Å². The third kappa shape index (κ3) is 3.55. The lowest BCUT2D eigenvalue weighted by molar-refractivity contribution is 0.00446. The van der Waals surface area contributed by atoms with Gasteiger partial charge in [-0.2, -0.15) is 4.98 Å². The van der Waals surface area contributed by atoms with E-state index < -0.39 is 24.2 Å². The van der Waals surface area contributed by atoms with E-state index in [2.05, 4.69) is 20.3 Å². The number of nitrogens with two attached hydrogens (primary N) is 1. The summed E-state index contributed by atoms with van der Waals surface area (Å²) in [7, 11) is 1.52. The van der Waals surface area contributed by atoms with Gasteiger partial charge in [0.15, 0.2) is 5.58 Å². The van der Waals surface area contributed by atoms with Crippen LogP contribution < -0.4 is 15.8 Å². The van der Waals surface area contributed by atoms with E-state index in [-0.39, 0.29) is 23.5 Å². The lowest BCUT2D eigenvalue weighted by Gasteiger charge is -2.20. The molecule has 0 spiro atoms. The molecule has 3 heterocycles. The second-order valence-electron chi connectivity index (χ2n) is 6.88. The van der Waals surface area contributed by atoms with Crippen LogP contribution in [-0.4, -0.2) is 62.2 Å². The van der Waals surface area contributed by atoms with Gasteiger partial charge in [-0.3, -0.25) is 0 Å². The highest BCUT2D eigenvalue weighted by Crippen LogP contribution is 2.38. The minimum absolute atomic E-state index is 0.0609. The van der Waals surface area contributed by atoms with E-state index >= 15 is 0 Å². The molecule has 1 aliphatic rings. The molecule has 3 aromatic heterocycles. The number of ether oxygens (including phenoxy) is 1. The number of nitrogens with one attached hydrogen (secondary N) is 1. The molecule has 3 aromatic rings. The second kappa shape index (κ2) is 7.64. The Balaban J connectivity index is 1.75. The first-order valence-corrected chi connectivity index (χ1v) is 9.29. The van der Waals surface area contributed by atoms with Gasteiger partial charge in [0.2, 0.25) is 11.8 Å². The number of nitrogen functional groups attached to an aromatic ring is 1. The standard InChI is InChI=1S/C18H20ClN5O5/c1-28-12-4-7-3-10(29-11(7)5-21-12)13-16(19)23-18(20)24-17(13)22-9-2-8(6-25)14(26)15(9)27/h3-5,8-9,14-15,25-27H,2,6H2,1H3,(H3,20,22,23,24). The van der Waals surface area contributed by atoms with Crippen molar-refractivity contribution < 1.29 is 24.5 Å². The van der Waals surface area contributed by atoms with Gasteiger partial charge in [-0.15, -0.1) is 0 Å². The molecule has 154 valence electrons. The third-order valence-corrected chi connectivity index (χ3v) is 5.35. The topological polar surface area (TPSA) is 160 Å². The molecule has 4 atom stereocenters. The highest BCUT2D eigenvalue weighted by Gasteiger charge is 2.41. The second-order valence-corrected chi connectivity index (χ2v) is 7.24. The Morgan fingerprint density at radius 2 is 2.10 bits per heavy atom. The number of nitrogens with zero attached hydrogens (tertiary/aromatic N) is 3. The van der Waals surface area contributed by atoms with Gasteiger partial charge >= 0.3 is 0 Å². The van der Waals surface area contributed by atoms with E-state index in [9.17, 15) is 15.3 Å². The van der Waals surface area contributed by atoms with Crippen LogP contribution in [0.25, 0.3) is 22.3 Å². The summed E-state index contributed by atoms with van der Waals surface area (Å²) in [6.45, 7) is -0.242. The maximum atomic E-state index is 10.3. The van der Waals surface area contributed by atoms with Crippen LogP contribution >= 0.6 is 11.6 Å². The number of aromatic nitrogens is 3. The van der Waals surface area contributed by atoms with Gasteiger partial charge in [0.1, 0.15) is 22.8 Å². The van der Waals surface area contributed by atoms with Crippen LogP contribution in [0, 0.1) is 5.92 Å². The third-order valence-electron chi connectivity index (χ3n) is 5.08. The van der Waals surface area contributed by atoms with Gasteiger partial charge in [0.05, 0.1) is 31.0 Å². The Kier molecular flexibility index (Phi) is 5.17. The first kappa shape index (κ1) is 19.6. The van der Waals surface area contributed by atoms with E-state index in [0.717, 1.165) is 5.39 Å². The number of fused-ring (bicyclic) bond motifs is 1. The normalized spacial score (nSPS) is 24.2. The van der Waals surface area contributed by atoms with Gasteiger partial charge in [0, 0.05) is 24.0 Å². The number of aliphatic hydroxyl groups excluding tert-OH is 3. The van der Waals surface area contributed by atoms with Crippen molar-refractivity contribution in [1.82, 2.24) is 15.0 Å². The fraction of sp³-hybridized carbons (Fsp3) is 0.389. The van der Waals surface area contributed by atoms with Gasteiger partial charge in [-0.25, -0.2) is 9.97 Å². The molecule has 0 amide bonds. The predicted octanol–water partition coefficient (Wildman–Crippen LogP) is 1.04. The Labute approximate surface area is 170 Å². The van der Waals surface area contributed by atoms with Crippen molar-refractivity contribution >= 4 is 34.3 Å². The largest absolute Gasteiger partial charge is 0.481 e. The zero-order valence-electron chi connectivity index (χ0n) is 15.4. The molecule has 1 saturated carbocycles. The van der Waals surface area contributed by atoms with Crippen LogP contribution in [0.1, 0.15) is 6.42 Å². The summed E-state index contributed by atoms with van der Waals surface area (Å²) in [5, 5.41) is 33.6. The Hall–Kier alpha value is -2.66. The number of aliphatic hydroxyl groups is 3. The molecule has 0 bridgehead atoms.